The number of anilines is 2. The first-order valence-corrected chi connectivity index (χ1v) is 15.3. The first-order valence-electron chi connectivity index (χ1n) is 14.5. The van der Waals surface area contributed by atoms with Crippen LogP contribution < -0.4 is 9.80 Å². The number of hydrogen-bond donors (Lipinski definition) is 0. The monoisotopic (exact) mass is 654 g/mol. The Labute approximate surface area is 269 Å². The summed E-state index contributed by atoms with van der Waals surface area (Å²) in [4.78, 5) is 24.2. The van der Waals surface area contributed by atoms with Crippen LogP contribution in [0.4, 0.5) is 31.5 Å². The Bertz CT molecular complexity index is 1660. The number of nitro benzene ring substituents is 2. The molecule has 0 radical (unpaired) electrons. The summed E-state index contributed by atoms with van der Waals surface area (Å²) in [7, 11) is 0. The van der Waals surface area contributed by atoms with E-state index in [4.69, 9.17) is 23.2 Å². The van der Waals surface area contributed by atoms with Crippen molar-refractivity contribution in [3.8, 4) is 0 Å². The molecular weight excluding hydrogens is 625 g/mol. The molecule has 6 rings (SSSR count). The summed E-state index contributed by atoms with van der Waals surface area (Å²) < 4.78 is 30.6. The van der Waals surface area contributed by atoms with Crippen LogP contribution in [0.25, 0.3) is 0 Å². The molecule has 234 valence electrons. The highest BCUT2D eigenvalue weighted by molar-refractivity contribution is 6.32. The normalized spacial score (nSPS) is 16.7. The fourth-order valence-corrected chi connectivity index (χ4v) is 6.47. The third-order valence-corrected chi connectivity index (χ3v) is 8.91. The molecule has 2 heterocycles. The van der Waals surface area contributed by atoms with E-state index in [0.717, 1.165) is 25.7 Å². The lowest BCUT2D eigenvalue weighted by Crippen LogP contribution is -2.34. The van der Waals surface area contributed by atoms with Crippen LogP contribution in [-0.2, 0) is 0 Å². The van der Waals surface area contributed by atoms with Crippen LogP contribution in [0.15, 0.2) is 84.9 Å². The van der Waals surface area contributed by atoms with Crippen LogP contribution in [0.5, 0.6) is 0 Å². The number of nitrogens with zero attached hydrogens (tertiary/aromatic N) is 4. The zero-order valence-corrected chi connectivity index (χ0v) is 25.6. The number of benzene rings is 4. The van der Waals surface area contributed by atoms with Crippen molar-refractivity contribution in [1.82, 2.24) is 0 Å². The summed E-state index contributed by atoms with van der Waals surface area (Å²) >= 11 is 11.4. The Morgan fingerprint density at radius 3 is 1.89 bits per heavy atom. The van der Waals surface area contributed by atoms with Gasteiger partial charge in [-0.3, -0.25) is 20.2 Å². The quantitative estimate of drug-likeness (QED) is 0.152. The smallest absolute Gasteiger partial charge is 0.288 e. The molecule has 0 amide bonds. The van der Waals surface area contributed by atoms with E-state index in [1.807, 2.05) is 23.1 Å². The van der Waals surface area contributed by atoms with Gasteiger partial charge in [-0.1, -0.05) is 71.7 Å². The van der Waals surface area contributed by atoms with Crippen LogP contribution >= 0.6 is 23.2 Å². The number of piperidine rings is 1. The van der Waals surface area contributed by atoms with Crippen molar-refractivity contribution < 1.29 is 18.6 Å². The fourth-order valence-electron chi connectivity index (χ4n) is 6.08. The third kappa shape index (κ3) is 7.34. The van der Waals surface area contributed by atoms with E-state index in [1.165, 1.54) is 42.0 Å². The third-order valence-electron chi connectivity index (χ3n) is 8.27. The molecule has 2 aliphatic heterocycles. The molecule has 0 spiro atoms. The van der Waals surface area contributed by atoms with Gasteiger partial charge >= 0.3 is 0 Å². The molecule has 1 atom stereocenters. The maximum absolute atomic E-state index is 15.3. The van der Waals surface area contributed by atoms with Gasteiger partial charge in [0.15, 0.2) is 11.6 Å². The van der Waals surface area contributed by atoms with E-state index in [0.29, 0.717) is 36.8 Å². The van der Waals surface area contributed by atoms with Gasteiger partial charge in [-0.2, -0.15) is 0 Å². The predicted octanol–water partition coefficient (Wildman–Crippen LogP) is 9.50. The maximum Gasteiger partial charge on any atom is 0.288 e. The molecule has 0 N–H and O–H groups in total. The van der Waals surface area contributed by atoms with Crippen LogP contribution in [-0.4, -0.2) is 29.5 Å². The van der Waals surface area contributed by atoms with Gasteiger partial charge in [0.2, 0.25) is 0 Å². The Kier molecular flexibility index (Phi) is 10.1. The largest absolute Gasteiger partial charge is 0.367 e. The highest BCUT2D eigenvalue weighted by Crippen LogP contribution is 2.41. The summed E-state index contributed by atoms with van der Waals surface area (Å²) in [6.07, 6.45) is 3.23. The molecule has 8 nitrogen and oxygen atoms in total. The SMILES string of the molecule is O=[N+]([O-])c1cc(C2CCCN2c2cc(F)c(N3CCC(c4ccccc4)CC3)c(F)c2)ccc1Cl.O=[N+]([O-])c1ccccc1Cl. The topological polar surface area (TPSA) is 92.8 Å². The Morgan fingerprint density at radius 1 is 0.689 bits per heavy atom. The zero-order valence-electron chi connectivity index (χ0n) is 24.1. The second-order valence-corrected chi connectivity index (χ2v) is 11.8. The molecule has 12 heteroatoms. The van der Waals surface area contributed by atoms with Crippen LogP contribution in [0, 0.1) is 31.9 Å². The highest BCUT2D eigenvalue weighted by atomic mass is 35.5. The Morgan fingerprint density at radius 2 is 1.29 bits per heavy atom. The van der Waals surface area contributed by atoms with E-state index in [9.17, 15) is 20.2 Å². The van der Waals surface area contributed by atoms with Crippen LogP contribution in [0.2, 0.25) is 10.0 Å². The van der Waals surface area contributed by atoms with Crippen molar-refractivity contribution in [1.29, 1.82) is 0 Å². The summed E-state index contributed by atoms with van der Waals surface area (Å²) in [5.41, 5.74) is 2.24. The van der Waals surface area contributed by atoms with Gasteiger partial charge in [0.1, 0.15) is 15.7 Å². The van der Waals surface area contributed by atoms with E-state index in [-0.39, 0.29) is 33.1 Å². The number of rotatable bonds is 6. The molecule has 1 unspecified atom stereocenters. The van der Waals surface area contributed by atoms with Gasteiger partial charge < -0.3 is 9.80 Å². The van der Waals surface area contributed by atoms with Crippen LogP contribution in [0.3, 0.4) is 0 Å². The van der Waals surface area contributed by atoms with Gasteiger partial charge in [0.25, 0.3) is 11.4 Å². The van der Waals surface area contributed by atoms with E-state index >= 15 is 8.78 Å². The van der Waals surface area contributed by atoms with Gasteiger partial charge in [-0.15, -0.1) is 0 Å². The first-order chi connectivity index (χ1) is 21.6. The van der Waals surface area contributed by atoms with Gasteiger partial charge in [-0.05, 0) is 67.0 Å². The van der Waals surface area contributed by atoms with Crippen molar-refractivity contribution in [2.75, 3.05) is 29.4 Å². The second-order valence-electron chi connectivity index (χ2n) is 11.0. The molecule has 2 aliphatic rings. The molecule has 0 saturated carbocycles. The number of para-hydroxylation sites is 1. The van der Waals surface area contributed by atoms with Gasteiger partial charge in [0.05, 0.1) is 15.9 Å². The molecule has 2 saturated heterocycles. The molecule has 4 aromatic carbocycles. The second kappa shape index (κ2) is 14.2. The van der Waals surface area contributed by atoms with Crippen molar-refractivity contribution in [3.63, 3.8) is 0 Å². The molecule has 0 bridgehead atoms. The predicted molar refractivity (Wildman–Crippen MR) is 173 cm³/mol. The summed E-state index contributed by atoms with van der Waals surface area (Å²) in [6, 6.07) is 23.6. The molecule has 45 heavy (non-hydrogen) atoms. The average Bonchev–Trinajstić information content (AvgIpc) is 3.52. The van der Waals surface area contributed by atoms with Gasteiger partial charge in [-0.25, -0.2) is 8.78 Å². The maximum atomic E-state index is 15.3. The molecule has 4 aromatic rings. The van der Waals surface area contributed by atoms with E-state index in [1.54, 1.807) is 23.1 Å². The number of nitro groups is 2. The van der Waals surface area contributed by atoms with Crippen molar-refractivity contribution in [2.45, 2.75) is 37.6 Å². The average molecular weight is 656 g/mol. The zero-order chi connectivity index (χ0) is 32.1. The summed E-state index contributed by atoms with van der Waals surface area (Å²) in [6.45, 7) is 1.79. The minimum atomic E-state index is -0.578. The lowest BCUT2D eigenvalue weighted by Gasteiger charge is -2.35. The molecule has 0 aromatic heterocycles. The molecule has 2 fully saturated rings. The lowest BCUT2D eigenvalue weighted by atomic mass is 9.89. The standard InChI is InChI=1S/C27H26ClF2N3O2.C6H4ClNO2/c28-22-9-8-20(15-26(22)33(34)35)25-7-4-12-32(25)21-16-23(29)27(24(30)17-21)31-13-10-19(11-14-31)18-5-2-1-3-6-18;7-5-3-1-2-4-6(5)8(9)10/h1-3,5-6,8-9,15-17,19,25H,4,7,10-14H2;1-4H. The van der Waals surface area contributed by atoms with Crippen molar-refractivity contribution in [2.24, 2.45) is 0 Å². The summed E-state index contributed by atoms with van der Waals surface area (Å²) in [5, 5.41) is 21.7. The van der Waals surface area contributed by atoms with Crippen molar-refractivity contribution >= 4 is 46.0 Å². The van der Waals surface area contributed by atoms with Crippen LogP contribution in [0.1, 0.15) is 48.8 Å². The summed E-state index contributed by atoms with van der Waals surface area (Å²) in [5.74, 6) is -0.761. The molecule has 0 aliphatic carbocycles. The van der Waals surface area contributed by atoms with E-state index in [2.05, 4.69) is 12.1 Å². The van der Waals surface area contributed by atoms with E-state index < -0.39 is 21.5 Å². The Hall–Kier alpha value is -4.28. The Balaban J connectivity index is 0.000000342. The first kappa shape index (κ1) is 32.1. The number of hydrogen-bond acceptors (Lipinski definition) is 6. The number of halogens is 4. The fraction of sp³-hybridized carbons (Fsp3) is 0.273. The minimum absolute atomic E-state index is 0.0261. The highest BCUT2D eigenvalue weighted by Gasteiger charge is 2.31. The minimum Gasteiger partial charge on any atom is -0.367 e. The van der Waals surface area contributed by atoms with Gasteiger partial charge in [0, 0.05) is 37.5 Å². The van der Waals surface area contributed by atoms with Crippen molar-refractivity contribution in [3.05, 3.63) is 138 Å². The lowest BCUT2D eigenvalue weighted by molar-refractivity contribution is -0.384. The molecular formula is C33H30Cl2F2N4O4.